The van der Waals surface area contributed by atoms with Gasteiger partial charge in [-0.3, -0.25) is 9.59 Å². The molecule has 1 N–H and O–H groups in total. The highest BCUT2D eigenvalue weighted by Gasteiger charge is 2.28. The Balaban J connectivity index is 2.09. The summed E-state index contributed by atoms with van der Waals surface area (Å²) in [6, 6.07) is 12.6. The van der Waals surface area contributed by atoms with Gasteiger partial charge in [0.15, 0.2) is 0 Å². The van der Waals surface area contributed by atoms with Crippen LogP contribution in [-0.4, -0.2) is 34.0 Å². The Morgan fingerprint density at radius 3 is 2.26 bits per heavy atom. The van der Waals surface area contributed by atoms with Gasteiger partial charge in [-0.2, -0.15) is 0 Å². The number of rotatable bonds is 8. The molecular weight excluding hydrogens is 519 g/mol. The van der Waals surface area contributed by atoms with Crippen LogP contribution in [0.5, 0.6) is 0 Å². The molecule has 0 bridgehead atoms. The fourth-order valence-electron chi connectivity index (χ4n) is 2.81. The van der Waals surface area contributed by atoms with Gasteiger partial charge in [0, 0.05) is 22.3 Å². The first-order valence-electron chi connectivity index (χ1n) is 9.84. The minimum atomic E-state index is -0.596. The zero-order valence-electron chi connectivity index (χ0n) is 18.0. The fraction of sp³-hybridized carbons (Fsp3) is 0.391. The van der Waals surface area contributed by atoms with Crippen molar-refractivity contribution >= 4 is 62.7 Å². The molecule has 31 heavy (non-hydrogen) atoms. The first kappa shape index (κ1) is 26.0. The summed E-state index contributed by atoms with van der Waals surface area (Å²) in [5.74, 6) is 0.610. The maximum atomic E-state index is 13.1. The molecule has 1 unspecified atom stereocenters. The molecule has 0 saturated heterocycles. The molecule has 2 aromatic rings. The molecule has 2 amide bonds. The van der Waals surface area contributed by atoms with Crippen LogP contribution in [0.1, 0.15) is 38.8 Å². The number of thioether (sulfide) groups is 1. The Hall–Kier alpha value is -1.21. The van der Waals surface area contributed by atoms with Crippen LogP contribution in [0.25, 0.3) is 0 Å². The van der Waals surface area contributed by atoms with Gasteiger partial charge in [-0.15, -0.1) is 11.8 Å². The number of nitrogens with one attached hydrogen (secondary N) is 1. The quantitative estimate of drug-likeness (QED) is 0.422. The number of halogens is 3. The third-order valence-corrected chi connectivity index (χ3v) is 6.67. The molecule has 2 rings (SSSR count). The molecule has 0 fully saturated rings. The van der Waals surface area contributed by atoms with E-state index in [9.17, 15) is 9.59 Å². The Morgan fingerprint density at radius 2 is 1.68 bits per heavy atom. The van der Waals surface area contributed by atoms with Crippen LogP contribution in [0, 0.1) is 0 Å². The third kappa shape index (κ3) is 8.68. The lowest BCUT2D eigenvalue weighted by atomic mass is 10.1. The van der Waals surface area contributed by atoms with E-state index in [1.807, 2.05) is 51.1 Å². The lowest BCUT2D eigenvalue weighted by molar-refractivity contribution is -0.139. The Morgan fingerprint density at radius 1 is 1.06 bits per heavy atom. The second-order valence-corrected chi connectivity index (χ2v) is 11.0. The van der Waals surface area contributed by atoms with Crippen LogP contribution in [-0.2, 0) is 21.9 Å². The molecule has 1 atom stereocenters. The summed E-state index contributed by atoms with van der Waals surface area (Å²) >= 11 is 16.9. The average Bonchev–Trinajstić information content (AvgIpc) is 2.68. The van der Waals surface area contributed by atoms with Crippen molar-refractivity contribution in [2.45, 2.75) is 51.6 Å². The Labute approximate surface area is 207 Å². The maximum Gasteiger partial charge on any atom is 0.242 e. The van der Waals surface area contributed by atoms with Crippen molar-refractivity contribution in [1.29, 1.82) is 0 Å². The zero-order chi connectivity index (χ0) is 23.2. The predicted molar refractivity (Wildman–Crippen MR) is 135 cm³/mol. The van der Waals surface area contributed by atoms with E-state index < -0.39 is 6.04 Å². The highest BCUT2D eigenvalue weighted by molar-refractivity contribution is 9.10. The molecule has 0 heterocycles. The van der Waals surface area contributed by atoms with Gasteiger partial charge in [-0.1, -0.05) is 57.3 Å². The minimum absolute atomic E-state index is 0.0930. The predicted octanol–water partition coefficient (Wildman–Crippen LogP) is 6.32. The van der Waals surface area contributed by atoms with Crippen molar-refractivity contribution < 1.29 is 9.59 Å². The first-order chi connectivity index (χ1) is 14.5. The van der Waals surface area contributed by atoms with E-state index in [2.05, 4.69) is 21.2 Å². The number of hydrogen-bond acceptors (Lipinski definition) is 3. The lowest BCUT2D eigenvalue weighted by Gasteiger charge is -2.31. The summed E-state index contributed by atoms with van der Waals surface area (Å²) < 4.78 is 0.963. The number of nitrogens with zero attached hydrogens (tertiary/aromatic N) is 1. The Kier molecular flexibility index (Phi) is 9.74. The Bertz CT molecular complexity index is 917. The van der Waals surface area contributed by atoms with Crippen LogP contribution >= 0.6 is 50.9 Å². The van der Waals surface area contributed by atoms with Crippen molar-refractivity contribution in [3.05, 3.63) is 68.1 Å². The molecule has 0 saturated carbocycles. The summed E-state index contributed by atoms with van der Waals surface area (Å²) in [5.41, 5.74) is 1.58. The molecule has 0 aromatic heterocycles. The van der Waals surface area contributed by atoms with E-state index in [4.69, 9.17) is 23.2 Å². The van der Waals surface area contributed by atoms with E-state index in [1.165, 1.54) is 11.8 Å². The van der Waals surface area contributed by atoms with Crippen molar-refractivity contribution in [2.75, 3.05) is 5.75 Å². The first-order valence-corrected chi connectivity index (χ1v) is 12.5. The molecule has 2 aromatic carbocycles. The SMILES string of the molecule is CC(C(=O)NC(C)(C)C)N(Cc1ccc(Br)cc1)C(=O)CSCc1ccc(Cl)c(Cl)c1. The van der Waals surface area contributed by atoms with Gasteiger partial charge in [0.1, 0.15) is 6.04 Å². The number of amides is 2. The van der Waals surface area contributed by atoms with Crippen LogP contribution < -0.4 is 5.32 Å². The van der Waals surface area contributed by atoms with E-state index in [0.717, 1.165) is 15.6 Å². The van der Waals surface area contributed by atoms with Crippen LogP contribution in [0.15, 0.2) is 46.9 Å². The molecule has 0 radical (unpaired) electrons. The van der Waals surface area contributed by atoms with Crippen molar-refractivity contribution in [3.8, 4) is 0 Å². The van der Waals surface area contributed by atoms with Crippen LogP contribution in [0.4, 0.5) is 0 Å². The average molecular weight is 546 g/mol. The van der Waals surface area contributed by atoms with Gasteiger partial charge < -0.3 is 10.2 Å². The van der Waals surface area contributed by atoms with E-state index in [1.54, 1.807) is 24.0 Å². The van der Waals surface area contributed by atoms with Crippen LogP contribution in [0.2, 0.25) is 10.0 Å². The van der Waals surface area contributed by atoms with Gasteiger partial charge in [-0.25, -0.2) is 0 Å². The third-order valence-electron chi connectivity index (χ3n) is 4.41. The highest BCUT2D eigenvalue weighted by Crippen LogP contribution is 2.25. The van der Waals surface area contributed by atoms with Gasteiger partial charge >= 0.3 is 0 Å². The van der Waals surface area contributed by atoms with E-state index in [-0.39, 0.29) is 23.1 Å². The molecule has 0 aliphatic carbocycles. The maximum absolute atomic E-state index is 13.1. The summed E-state index contributed by atoms with van der Waals surface area (Å²) in [5, 5.41) is 3.97. The van der Waals surface area contributed by atoms with E-state index in [0.29, 0.717) is 22.3 Å². The fourth-order valence-corrected chi connectivity index (χ4v) is 4.25. The summed E-state index contributed by atoms with van der Waals surface area (Å²) in [6.07, 6.45) is 0. The second kappa shape index (κ2) is 11.6. The van der Waals surface area contributed by atoms with Crippen molar-refractivity contribution in [1.82, 2.24) is 10.2 Å². The van der Waals surface area contributed by atoms with E-state index >= 15 is 0 Å². The zero-order valence-corrected chi connectivity index (χ0v) is 22.0. The largest absolute Gasteiger partial charge is 0.350 e. The van der Waals surface area contributed by atoms with Crippen molar-refractivity contribution in [3.63, 3.8) is 0 Å². The normalized spacial score (nSPS) is 12.4. The molecule has 8 heteroatoms. The summed E-state index contributed by atoms with van der Waals surface area (Å²) in [4.78, 5) is 27.5. The van der Waals surface area contributed by atoms with Gasteiger partial charge in [0.25, 0.3) is 0 Å². The van der Waals surface area contributed by atoms with Gasteiger partial charge in [-0.05, 0) is 63.1 Å². The number of carbonyl (C=O) groups is 2. The number of carbonyl (C=O) groups excluding carboxylic acids is 2. The lowest BCUT2D eigenvalue weighted by Crippen LogP contribution is -2.52. The molecule has 0 aliphatic rings. The van der Waals surface area contributed by atoms with Gasteiger partial charge in [0.05, 0.1) is 15.8 Å². The molecule has 168 valence electrons. The van der Waals surface area contributed by atoms with Crippen molar-refractivity contribution in [2.24, 2.45) is 0 Å². The van der Waals surface area contributed by atoms with Crippen LogP contribution in [0.3, 0.4) is 0 Å². The smallest absolute Gasteiger partial charge is 0.242 e. The molecule has 4 nitrogen and oxygen atoms in total. The molecular formula is C23H27BrCl2N2O2S. The second-order valence-electron chi connectivity index (χ2n) is 8.30. The molecule has 0 aliphatic heterocycles. The molecule has 0 spiro atoms. The number of benzene rings is 2. The summed E-state index contributed by atoms with van der Waals surface area (Å²) in [7, 11) is 0. The topological polar surface area (TPSA) is 49.4 Å². The van der Waals surface area contributed by atoms with Gasteiger partial charge in [0.2, 0.25) is 11.8 Å². The minimum Gasteiger partial charge on any atom is -0.350 e. The standard InChI is InChI=1S/C23H27BrCl2N2O2S/c1-15(22(30)27-23(2,3)4)28(12-16-5-8-18(24)9-6-16)21(29)14-31-13-17-7-10-19(25)20(26)11-17/h5-11,15H,12-14H2,1-4H3,(H,27,30). The number of hydrogen-bond donors (Lipinski definition) is 1. The highest BCUT2D eigenvalue weighted by atomic mass is 79.9. The monoisotopic (exact) mass is 544 g/mol. The summed E-state index contributed by atoms with van der Waals surface area (Å²) in [6.45, 7) is 7.89.